The van der Waals surface area contributed by atoms with Crippen molar-refractivity contribution in [2.24, 2.45) is 0 Å². The number of rotatable bonds is 6. The van der Waals surface area contributed by atoms with E-state index in [0.29, 0.717) is 30.3 Å². The lowest BCUT2D eigenvalue weighted by Gasteiger charge is -2.43. The molecule has 10 aromatic carbocycles. The van der Waals surface area contributed by atoms with Gasteiger partial charge in [-0.25, -0.2) is 47.9 Å². The Bertz CT molecular complexity index is 6960. The summed E-state index contributed by atoms with van der Waals surface area (Å²) >= 11 is 0. The maximum atomic E-state index is 16.1. The second-order valence-electron chi connectivity index (χ2n) is 29.4. The third kappa shape index (κ3) is 13.9. The summed E-state index contributed by atoms with van der Waals surface area (Å²) in [6.45, 7) is -3.22. The van der Waals surface area contributed by atoms with E-state index in [4.69, 9.17) is 61.6 Å². The first kappa shape index (κ1) is 88.3. The second-order valence-corrected chi connectivity index (χ2v) is 29.4. The fourth-order valence-electron chi connectivity index (χ4n) is 15.1. The molecule has 134 heavy (non-hydrogen) atoms. The Morgan fingerprint density at radius 3 is 0.888 bits per heavy atom. The lowest BCUT2D eigenvalue weighted by molar-refractivity contribution is -0.282. The minimum atomic E-state index is -3.08. The molecule has 0 amide bonds. The first-order valence-corrected chi connectivity index (χ1v) is 37.2. The zero-order valence-corrected chi connectivity index (χ0v) is 65.4. The number of hydrogen-bond acceptors (Lipinski definition) is 52. The first-order valence-electron chi connectivity index (χ1n) is 37.2. The SMILES string of the molecule is O=C(O[C@@H]1O[C@@H]2COC(=O)c3cc(O)c(O)c(O)c3-c3c(cc(O)c(O)c3O)C(=O)O[C@H]2[C@@H]2OC(=O)c3cc(c(O)c(O)c3O)-c3c(cc(O)c(O)c3O)C(=O)O[C@@H]12)c1cc(O)c(O)c(Oc2c(O)c(O)c(O)c3c2C(=O)O[C@H]2[C@@H]4OC(=O)c5cc(c(O)c(O)c5O)-c5c(cc(O)c(O)c5O)C(=O)O[C@H]4[C@H](OC(=O)c4cc(O)c(O)c(O)c4)O[C@@H]2COC(=O)c2cc(O)c(O)c(O)c2-3)c1. The number of carbonyl (C=O) groups is 10. The second kappa shape index (κ2) is 31.7. The number of carbonyl (C=O) groups excluding carboxylic acids is 10. The predicted octanol–water partition coefficient (Wildman–Crippen LogP) is 3.69. The fourth-order valence-corrected chi connectivity index (χ4v) is 15.1. The van der Waals surface area contributed by atoms with E-state index in [1.165, 1.54) is 0 Å². The highest BCUT2D eigenvalue weighted by Crippen LogP contribution is 2.62. The highest BCUT2D eigenvalue weighted by Gasteiger charge is 2.59. The molecule has 16 rings (SSSR count). The van der Waals surface area contributed by atoms with Crippen LogP contribution in [0, 0.1) is 0 Å². The molecule has 29 N–H and O–H groups in total. The number of esters is 10. The van der Waals surface area contributed by atoms with Crippen molar-refractivity contribution in [3.05, 3.63) is 122 Å². The zero-order chi connectivity index (χ0) is 97.2. The first-order chi connectivity index (χ1) is 63.1. The monoisotopic (exact) mass is 1870 g/mol. The summed E-state index contributed by atoms with van der Waals surface area (Å²) in [6.07, 6.45) is -29.0. The normalized spacial score (nSPS) is 20.1. The number of aromatic hydroxyl groups is 29. The van der Waals surface area contributed by atoms with Gasteiger partial charge in [0, 0.05) is 38.9 Å². The molecule has 2 saturated heterocycles. The number of phenols is 29. The molecule has 0 aromatic heterocycles. The Morgan fingerprint density at radius 2 is 0.507 bits per heavy atom. The van der Waals surface area contributed by atoms with Crippen molar-refractivity contribution in [2.45, 2.75) is 61.4 Å². The van der Waals surface area contributed by atoms with Crippen molar-refractivity contribution in [1.29, 1.82) is 0 Å². The van der Waals surface area contributed by atoms with E-state index >= 15 is 28.8 Å². The van der Waals surface area contributed by atoms with Crippen LogP contribution in [0.25, 0.3) is 44.5 Å². The third-order valence-corrected chi connectivity index (χ3v) is 21.6. The molecular weight excluding hydrogens is 1820 g/mol. The number of benzene rings is 10. The van der Waals surface area contributed by atoms with Gasteiger partial charge in [-0.2, -0.15) is 0 Å². The summed E-state index contributed by atoms with van der Waals surface area (Å²) in [6, 6.07) is 3.19. The van der Waals surface area contributed by atoms with Gasteiger partial charge in [0.25, 0.3) is 0 Å². The van der Waals surface area contributed by atoms with Gasteiger partial charge >= 0.3 is 59.7 Å². The fraction of sp³-hybridized carbons (Fsp3) is 0.146. The maximum Gasteiger partial charge on any atom is 0.343 e. The average Bonchev–Trinajstić information content (AvgIpc) is 1.35. The quantitative estimate of drug-likeness (QED) is 0.0641. The molecule has 6 aliphatic heterocycles. The van der Waals surface area contributed by atoms with Crippen molar-refractivity contribution in [2.75, 3.05) is 13.2 Å². The van der Waals surface area contributed by atoms with E-state index in [9.17, 15) is 167 Å². The molecule has 52 nitrogen and oxygen atoms in total. The molecule has 0 saturated carbocycles. The number of ether oxygens (including phenoxy) is 13. The van der Waals surface area contributed by atoms with Crippen LogP contribution in [0.2, 0.25) is 0 Å². The Morgan fingerprint density at radius 1 is 0.231 bits per heavy atom. The molecule has 0 spiro atoms. The minimum Gasteiger partial charge on any atom is -0.504 e. The van der Waals surface area contributed by atoms with Crippen LogP contribution in [0.3, 0.4) is 0 Å². The predicted molar refractivity (Wildman–Crippen MR) is 413 cm³/mol. The van der Waals surface area contributed by atoms with Crippen LogP contribution < -0.4 is 4.74 Å². The van der Waals surface area contributed by atoms with Crippen molar-refractivity contribution in [1.82, 2.24) is 0 Å². The van der Waals surface area contributed by atoms with Gasteiger partial charge in [0.05, 0.1) is 44.5 Å². The smallest absolute Gasteiger partial charge is 0.343 e. The van der Waals surface area contributed by atoms with Crippen LogP contribution in [0.1, 0.15) is 104 Å². The van der Waals surface area contributed by atoms with Crippen molar-refractivity contribution in [3.63, 3.8) is 0 Å². The molecule has 10 atom stereocenters. The summed E-state index contributed by atoms with van der Waals surface area (Å²) in [7, 11) is 0. The highest BCUT2D eigenvalue weighted by molar-refractivity contribution is 6.13. The number of phenolic OH excluding ortho intramolecular Hbond substituents is 29. The topological polar surface area (TPSA) is 877 Å². The summed E-state index contributed by atoms with van der Waals surface area (Å²) in [5.41, 5.74) is -24.1. The van der Waals surface area contributed by atoms with E-state index in [2.05, 4.69) is 0 Å². The van der Waals surface area contributed by atoms with Gasteiger partial charge in [0.2, 0.25) is 82.3 Å². The molecule has 4 bridgehead atoms. The number of cyclic esters (lactones) is 2. The van der Waals surface area contributed by atoms with Gasteiger partial charge in [-0.3, -0.25) is 0 Å². The molecule has 694 valence electrons. The van der Waals surface area contributed by atoms with Crippen molar-refractivity contribution >= 4 is 59.7 Å². The summed E-state index contributed by atoms with van der Waals surface area (Å²) in [5, 5.41) is 325. The number of hydrogen-bond donors (Lipinski definition) is 29. The maximum absolute atomic E-state index is 16.1. The van der Waals surface area contributed by atoms with Crippen molar-refractivity contribution in [3.8, 4) is 223 Å². The van der Waals surface area contributed by atoms with Crippen LogP contribution in [0.15, 0.2) is 66.7 Å². The lowest BCUT2D eigenvalue weighted by atomic mass is 9.91. The van der Waals surface area contributed by atoms with Crippen LogP contribution >= 0.6 is 0 Å². The van der Waals surface area contributed by atoms with E-state index < -0.39 is 413 Å². The largest absolute Gasteiger partial charge is 0.504 e. The van der Waals surface area contributed by atoms with Crippen LogP contribution in [-0.2, 0) is 56.8 Å². The molecule has 2 fully saturated rings. The molecule has 0 unspecified atom stereocenters. The molecule has 10 aromatic rings. The van der Waals surface area contributed by atoms with E-state index in [1.54, 1.807) is 0 Å². The average molecular weight is 1870 g/mol. The highest BCUT2D eigenvalue weighted by atomic mass is 16.8. The molecule has 6 heterocycles. The van der Waals surface area contributed by atoms with Gasteiger partial charge in [-0.05, 0) is 66.7 Å². The summed E-state index contributed by atoms with van der Waals surface area (Å²) in [5.74, 6) is -70.8. The Balaban J connectivity index is 0.851. The minimum absolute atomic E-state index is 0.164. The third-order valence-electron chi connectivity index (χ3n) is 21.6. The van der Waals surface area contributed by atoms with Gasteiger partial charge < -0.3 is 210 Å². The zero-order valence-electron chi connectivity index (χ0n) is 65.4. The number of fused-ring (bicyclic) bond motifs is 20. The van der Waals surface area contributed by atoms with Gasteiger partial charge in [0.1, 0.15) is 42.1 Å². The van der Waals surface area contributed by atoms with E-state index in [-0.39, 0.29) is 36.4 Å². The van der Waals surface area contributed by atoms with Crippen LogP contribution in [-0.4, -0.2) is 282 Å². The van der Waals surface area contributed by atoms with Gasteiger partial charge in [-0.1, -0.05) is 0 Å². The summed E-state index contributed by atoms with van der Waals surface area (Å²) < 4.78 is 74.8. The molecule has 6 aliphatic rings. The lowest BCUT2D eigenvalue weighted by Crippen LogP contribution is -2.63. The van der Waals surface area contributed by atoms with Crippen LogP contribution in [0.4, 0.5) is 0 Å². The summed E-state index contributed by atoms with van der Waals surface area (Å²) in [4.78, 5) is 150. The van der Waals surface area contributed by atoms with E-state index in [0.717, 1.165) is 0 Å². The van der Waals surface area contributed by atoms with Gasteiger partial charge in [-0.15, -0.1) is 0 Å². The van der Waals surface area contributed by atoms with Crippen molar-refractivity contribution < 1.29 is 258 Å². The Labute approximate surface area is 734 Å². The Hall–Kier alpha value is -19.2. The Kier molecular flexibility index (Phi) is 20.9. The standard InChI is InChI=1S/C82H54O52/c83-25-1-14(2-26(84)47(25)95)71(112)133-81-70-68(130-79(120)24-6-17(44(92)61(109)46(24)94)37-19(76(117)132-70)8-29(87)50(98)55(37)103)65-35(126-81)13-123-74(115)21-10-31(89)53(101)58(106)40(21)41-42(80(121)128-65)66(63(111)62(110)59(41)107)124-33-4-15(3-27(85)48(33)96)72(113)134-82-69-67(129-78(119)23-5-16(43(91)60(108)45(23)93)36-18(75(116)131-69)7-28(86)49(97)54(36)102)64-34(125-82)12-122-73(114)20-9-30(88)51(99)56(104)38(20)39-22(77(118)127-64)11-32(90)52(100)57(39)105/h1-11,34-35,64-65,67-70,81-111H,12-13H2/t34-,35-,64-,65-,67+,68+,69-,70-,81+,82+/m1/s1. The van der Waals surface area contributed by atoms with Crippen LogP contribution in [0.5, 0.6) is 178 Å². The molecular formula is C82H54O52. The molecule has 52 heteroatoms. The molecule has 0 aliphatic carbocycles. The molecule has 0 radical (unpaired) electrons. The van der Waals surface area contributed by atoms with Gasteiger partial charge in [0.15, 0.2) is 145 Å². The van der Waals surface area contributed by atoms with E-state index in [1.807, 2.05) is 0 Å².